The summed E-state index contributed by atoms with van der Waals surface area (Å²) >= 11 is 0. The molecule has 3 N–H and O–H groups in total. The predicted octanol–water partition coefficient (Wildman–Crippen LogP) is 0.188. The summed E-state index contributed by atoms with van der Waals surface area (Å²) in [5.41, 5.74) is 2.22. The number of hydrazine groups is 1. The summed E-state index contributed by atoms with van der Waals surface area (Å²) in [6, 6.07) is 0. The molecule has 11 heavy (non-hydrogen) atoms. The minimum atomic E-state index is 0.00171. The summed E-state index contributed by atoms with van der Waals surface area (Å²) in [4.78, 5) is 11.1. The van der Waals surface area contributed by atoms with Gasteiger partial charge < -0.3 is 0 Å². The molecule has 0 radical (unpaired) electrons. The van der Waals surface area contributed by atoms with E-state index in [0.717, 1.165) is 12.8 Å². The van der Waals surface area contributed by atoms with Crippen LogP contribution in [0.25, 0.3) is 0 Å². The van der Waals surface area contributed by atoms with Crippen molar-refractivity contribution in [3.63, 3.8) is 0 Å². The second-order valence-electron chi connectivity index (χ2n) is 3.40. The number of nitrogens with two attached hydrogens (primary N) is 1. The Balaban J connectivity index is 2.08. The molecule has 2 rings (SSSR count). The largest absolute Gasteiger partial charge is 0.294 e. The Hall–Kier alpha value is -0.830. The van der Waals surface area contributed by atoms with E-state index in [0.29, 0.717) is 11.8 Å². The highest BCUT2D eigenvalue weighted by atomic mass is 16.2. The molecule has 0 aromatic rings. The van der Waals surface area contributed by atoms with Gasteiger partial charge in [0, 0.05) is 5.92 Å². The molecule has 3 nitrogen and oxygen atoms in total. The topological polar surface area (TPSA) is 55.1 Å². The number of hydrogen-bond donors (Lipinski definition) is 2. The first-order valence-electron chi connectivity index (χ1n) is 4.00. The van der Waals surface area contributed by atoms with E-state index >= 15 is 0 Å². The maximum Gasteiger partial charge on any atom is 0.237 e. The molecule has 2 aliphatic carbocycles. The fourth-order valence-corrected chi connectivity index (χ4v) is 2.19. The molecule has 2 aliphatic rings. The third-order valence-corrected chi connectivity index (χ3v) is 2.76. The number of nitrogens with one attached hydrogen (secondary N) is 1. The number of allylic oxidation sites excluding steroid dienone is 2. The van der Waals surface area contributed by atoms with Crippen LogP contribution in [0.5, 0.6) is 0 Å². The molecule has 2 bridgehead atoms. The van der Waals surface area contributed by atoms with Gasteiger partial charge in [0.1, 0.15) is 0 Å². The molecular weight excluding hydrogens is 140 g/mol. The van der Waals surface area contributed by atoms with Gasteiger partial charge in [-0.25, -0.2) is 5.84 Å². The second-order valence-corrected chi connectivity index (χ2v) is 3.40. The Morgan fingerprint density at radius 1 is 1.45 bits per heavy atom. The smallest absolute Gasteiger partial charge is 0.237 e. The lowest BCUT2D eigenvalue weighted by atomic mass is 9.93. The van der Waals surface area contributed by atoms with E-state index in [-0.39, 0.29) is 11.8 Å². The molecular formula is C8H12N2O. The molecule has 1 fully saturated rings. The van der Waals surface area contributed by atoms with E-state index in [9.17, 15) is 4.79 Å². The highest BCUT2D eigenvalue weighted by Crippen LogP contribution is 2.43. The van der Waals surface area contributed by atoms with E-state index < -0.39 is 0 Å². The molecule has 1 amide bonds. The fraction of sp³-hybridized carbons (Fsp3) is 0.625. The normalized spacial score (nSPS) is 39.5. The van der Waals surface area contributed by atoms with Crippen LogP contribution in [0.15, 0.2) is 12.2 Å². The van der Waals surface area contributed by atoms with Crippen LogP contribution < -0.4 is 11.3 Å². The molecule has 3 atom stereocenters. The average molecular weight is 152 g/mol. The van der Waals surface area contributed by atoms with Crippen LogP contribution in [0.2, 0.25) is 0 Å². The molecule has 0 aromatic carbocycles. The Kier molecular flexibility index (Phi) is 1.46. The number of carbonyl (C=O) groups excluding carboxylic acids is 1. The highest BCUT2D eigenvalue weighted by molar-refractivity contribution is 5.79. The van der Waals surface area contributed by atoms with Crippen LogP contribution >= 0.6 is 0 Å². The van der Waals surface area contributed by atoms with Gasteiger partial charge in [0.05, 0.1) is 0 Å². The number of rotatable bonds is 1. The second kappa shape index (κ2) is 2.34. The van der Waals surface area contributed by atoms with Crippen LogP contribution in [0.1, 0.15) is 12.8 Å². The van der Waals surface area contributed by atoms with Crippen molar-refractivity contribution in [3.05, 3.63) is 12.2 Å². The van der Waals surface area contributed by atoms with Crippen LogP contribution in [-0.2, 0) is 4.79 Å². The Morgan fingerprint density at radius 3 is 2.73 bits per heavy atom. The van der Waals surface area contributed by atoms with Gasteiger partial charge in [-0.15, -0.1) is 0 Å². The first kappa shape index (κ1) is 6.85. The van der Waals surface area contributed by atoms with Crippen molar-refractivity contribution in [2.75, 3.05) is 0 Å². The van der Waals surface area contributed by atoms with Crippen LogP contribution in [0.4, 0.5) is 0 Å². The standard InChI is InChI=1S/C8H12N2O/c9-10-8(11)7-4-5-1-2-6(7)3-5/h1-2,5-7H,3-4,9H2,(H,10,11)/t5-,6+,7?/m0/s1. The summed E-state index contributed by atoms with van der Waals surface area (Å²) < 4.78 is 0. The lowest BCUT2D eigenvalue weighted by molar-refractivity contribution is -0.125. The van der Waals surface area contributed by atoms with Gasteiger partial charge in [0.15, 0.2) is 0 Å². The summed E-state index contributed by atoms with van der Waals surface area (Å²) in [6.07, 6.45) is 6.50. The van der Waals surface area contributed by atoms with Gasteiger partial charge in [-0.05, 0) is 24.7 Å². The summed E-state index contributed by atoms with van der Waals surface area (Å²) in [6.45, 7) is 0. The van der Waals surface area contributed by atoms with Gasteiger partial charge in [-0.3, -0.25) is 10.2 Å². The predicted molar refractivity (Wildman–Crippen MR) is 41.2 cm³/mol. The Morgan fingerprint density at radius 2 is 2.27 bits per heavy atom. The van der Waals surface area contributed by atoms with E-state index in [2.05, 4.69) is 17.6 Å². The lowest BCUT2D eigenvalue weighted by Crippen LogP contribution is -2.37. The Bertz CT molecular complexity index is 212. The van der Waals surface area contributed by atoms with Gasteiger partial charge in [-0.1, -0.05) is 12.2 Å². The zero-order chi connectivity index (χ0) is 7.84. The third-order valence-electron chi connectivity index (χ3n) is 2.76. The summed E-state index contributed by atoms with van der Waals surface area (Å²) in [5, 5.41) is 0. The van der Waals surface area contributed by atoms with E-state index in [1.165, 1.54) is 0 Å². The van der Waals surface area contributed by atoms with Crippen molar-refractivity contribution in [3.8, 4) is 0 Å². The molecule has 0 heterocycles. The molecule has 3 heteroatoms. The molecule has 60 valence electrons. The third kappa shape index (κ3) is 0.959. The van der Waals surface area contributed by atoms with Crippen molar-refractivity contribution in [2.45, 2.75) is 12.8 Å². The zero-order valence-corrected chi connectivity index (χ0v) is 6.29. The van der Waals surface area contributed by atoms with Gasteiger partial charge in [-0.2, -0.15) is 0 Å². The molecule has 0 spiro atoms. The number of hydrogen-bond acceptors (Lipinski definition) is 2. The minimum absolute atomic E-state index is 0.00171. The van der Waals surface area contributed by atoms with Crippen molar-refractivity contribution in [1.29, 1.82) is 0 Å². The maximum absolute atomic E-state index is 11.1. The van der Waals surface area contributed by atoms with Crippen molar-refractivity contribution in [1.82, 2.24) is 5.43 Å². The van der Waals surface area contributed by atoms with Crippen LogP contribution in [-0.4, -0.2) is 5.91 Å². The van der Waals surface area contributed by atoms with E-state index in [4.69, 9.17) is 5.84 Å². The van der Waals surface area contributed by atoms with Crippen molar-refractivity contribution < 1.29 is 4.79 Å². The van der Waals surface area contributed by atoms with Crippen LogP contribution in [0, 0.1) is 17.8 Å². The summed E-state index contributed by atoms with van der Waals surface area (Å²) in [7, 11) is 0. The Labute approximate surface area is 65.6 Å². The molecule has 1 saturated carbocycles. The molecule has 0 aliphatic heterocycles. The number of amides is 1. The van der Waals surface area contributed by atoms with E-state index in [1.54, 1.807) is 0 Å². The minimum Gasteiger partial charge on any atom is -0.294 e. The van der Waals surface area contributed by atoms with Crippen molar-refractivity contribution in [2.24, 2.45) is 23.6 Å². The molecule has 0 aromatic heterocycles. The lowest BCUT2D eigenvalue weighted by Gasteiger charge is -2.15. The summed E-state index contributed by atoms with van der Waals surface area (Å²) in [5.74, 6) is 6.31. The molecule has 1 unspecified atom stereocenters. The van der Waals surface area contributed by atoms with Gasteiger partial charge in [0.25, 0.3) is 0 Å². The number of carbonyl (C=O) groups is 1. The number of fused-ring (bicyclic) bond motifs is 2. The maximum atomic E-state index is 11.1. The van der Waals surface area contributed by atoms with Gasteiger partial charge in [0.2, 0.25) is 5.91 Å². The van der Waals surface area contributed by atoms with Crippen LogP contribution in [0.3, 0.4) is 0 Å². The first-order valence-corrected chi connectivity index (χ1v) is 4.00. The van der Waals surface area contributed by atoms with E-state index in [1.807, 2.05) is 0 Å². The SMILES string of the molecule is NNC(=O)C1C[C@H]2C=C[C@@H]1C2. The van der Waals surface area contributed by atoms with Crippen molar-refractivity contribution >= 4 is 5.91 Å². The average Bonchev–Trinajstić information content (AvgIpc) is 2.62. The quantitative estimate of drug-likeness (QED) is 0.244. The molecule has 0 saturated heterocycles. The highest BCUT2D eigenvalue weighted by Gasteiger charge is 2.39. The van der Waals surface area contributed by atoms with Gasteiger partial charge >= 0.3 is 0 Å². The fourth-order valence-electron chi connectivity index (χ4n) is 2.19. The first-order chi connectivity index (χ1) is 5.31. The zero-order valence-electron chi connectivity index (χ0n) is 6.29. The monoisotopic (exact) mass is 152 g/mol.